The molecule has 0 radical (unpaired) electrons. The minimum absolute atomic E-state index is 0.121. The van der Waals surface area contributed by atoms with Gasteiger partial charge in [-0.2, -0.15) is 0 Å². The molecule has 0 amide bonds. The molecule has 1 heterocycles. The number of carbonyl (C=O) groups is 1. The summed E-state index contributed by atoms with van der Waals surface area (Å²) in [7, 11) is 0.288. The lowest BCUT2D eigenvalue weighted by molar-refractivity contribution is 0.104. The van der Waals surface area contributed by atoms with E-state index in [0.717, 1.165) is 5.56 Å². The van der Waals surface area contributed by atoms with Crippen LogP contribution in [-0.4, -0.2) is 23.0 Å². The van der Waals surface area contributed by atoms with Crippen molar-refractivity contribution < 1.29 is 18.5 Å². The van der Waals surface area contributed by atoms with Gasteiger partial charge < -0.3 is 9.47 Å². The Hall–Kier alpha value is -2.40. The first-order valence-corrected chi connectivity index (χ1v) is 8.01. The van der Waals surface area contributed by atoms with E-state index in [1.54, 1.807) is 18.2 Å². The number of methoxy groups -OCH3 is 1. The summed E-state index contributed by atoms with van der Waals surface area (Å²) >= 11 is 0. The average Bonchev–Trinajstić information content (AvgIpc) is 2.93. The molecule has 3 rings (SSSR count). The molecule has 1 unspecified atom stereocenters. The Morgan fingerprint density at radius 2 is 2.05 bits per heavy atom. The van der Waals surface area contributed by atoms with Crippen LogP contribution >= 0.6 is 0 Å². The average molecular weight is 314 g/mol. The van der Waals surface area contributed by atoms with Crippen LogP contribution in [0.25, 0.3) is 6.08 Å². The van der Waals surface area contributed by atoms with E-state index >= 15 is 0 Å². The van der Waals surface area contributed by atoms with Crippen molar-refractivity contribution in [2.75, 3.05) is 13.0 Å². The second-order valence-corrected chi connectivity index (χ2v) is 6.08. The molecule has 2 aromatic rings. The number of hydrogen-bond acceptors (Lipinski definition) is 4. The van der Waals surface area contributed by atoms with Gasteiger partial charge in [-0.3, -0.25) is 9.00 Å². The van der Waals surface area contributed by atoms with Gasteiger partial charge in [-0.25, -0.2) is 0 Å². The fourth-order valence-electron chi connectivity index (χ4n) is 2.20. The molecule has 0 bridgehead atoms. The normalized spacial score (nSPS) is 16.3. The third-order valence-corrected chi connectivity index (χ3v) is 4.47. The number of ketones is 1. The van der Waals surface area contributed by atoms with Crippen molar-refractivity contribution in [3.8, 4) is 11.5 Å². The monoisotopic (exact) mass is 314 g/mol. The fourth-order valence-corrected chi connectivity index (χ4v) is 3.14. The fraction of sp³-hybridized carbons (Fsp3) is 0.118. The molecule has 0 aliphatic carbocycles. The van der Waals surface area contributed by atoms with Crippen LogP contribution in [0.3, 0.4) is 0 Å². The number of hydrogen-bond donors (Lipinski definition) is 0. The van der Waals surface area contributed by atoms with Crippen LogP contribution in [0, 0.1) is 0 Å². The van der Waals surface area contributed by atoms with E-state index in [4.69, 9.17) is 9.47 Å². The summed E-state index contributed by atoms with van der Waals surface area (Å²) in [5.41, 5.74) is 1.33. The molecule has 0 saturated carbocycles. The summed E-state index contributed by atoms with van der Waals surface area (Å²) in [5.74, 6) is 0.816. The van der Waals surface area contributed by atoms with Gasteiger partial charge >= 0.3 is 0 Å². The summed E-state index contributed by atoms with van der Waals surface area (Å²) in [6.07, 6.45) is 3.24. The zero-order chi connectivity index (χ0) is 15.5. The van der Waals surface area contributed by atoms with Crippen LogP contribution in [-0.2, 0) is 10.8 Å². The largest absolute Gasteiger partial charge is 0.496 e. The SMILES string of the molecule is COc1cc2c(cc1C(=O)/C=C/c1ccccc1)OCS2=O. The second kappa shape index (κ2) is 6.15. The Labute approximate surface area is 130 Å². The van der Waals surface area contributed by atoms with Gasteiger partial charge in [0.2, 0.25) is 0 Å². The van der Waals surface area contributed by atoms with Gasteiger partial charge in [-0.05, 0) is 17.7 Å². The van der Waals surface area contributed by atoms with Crippen molar-refractivity contribution >= 4 is 22.7 Å². The first-order chi connectivity index (χ1) is 10.7. The smallest absolute Gasteiger partial charge is 0.189 e. The summed E-state index contributed by atoms with van der Waals surface area (Å²) in [4.78, 5) is 13.0. The molecule has 22 heavy (non-hydrogen) atoms. The second-order valence-electron chi connectivity index (χ2n) is 4.72. The number of allylic oxidation sites excluding steroid dienone is 1. The predicted molar refractivity (Wildman–Crippen MR) is 84.7 cm³/mol. The molecule has 0 aromatic heterocycles. The van der Waals surface area contributed by atoms with Crippen LogP contribution in [0.5, 0.6) is 11.5 Å². The van der Waals surface area contributed by atoms with Gasteiger partial charge in [-0.15, -0.1) is 0 Å². The van der Waals surface area contributed by atoms with E-state index < -0.39 is 10.8 Å². The highest BCUT2D eigenvalue weighted by Crippen LogP contribution is 2.35. The number of carbonyl (C=O) groups excluding carboxylic acids is 1. The minimum atomic E-state index is -1.20. The Bertz CT molecular complexity index is 766. The Morgan fingerprint density at radius 1 is 1.27 bits per heavy atom. The first kappa shape index (κ1) is 14.5. The van der Waals surface area contributed by atoms with E-state index in [-0.39, 0.29) is 11.7 Å². The molecule has 1 atom stereocenters. The molecule has 1 aliphatic rings. The van der Waals surface area contributed by atoms with E-state index in [2.05, 4.69) is 0 Å². The standard InChI is InChI=1S/C17H14O4S/c1-20-15-10-17-16(21-11-22(17)19)9-13(15)14(18)8-7-12-5-3-2-4-6-12/h2-10H,11H2,1H3/b8-7+. The topological polar surface area (TPSA) is 52.6 Å². The van der Waals surface area contributed by atoms with Crippen molar-refractivity contribution in [3.05, 3.63) is 59.7 Å². The van der Waals surface area contributed by atoms with Crippen LogP contribution in [0.15, 0.2) is 53.4 Å². The zero-order valence-electron chi connectivity index (χ0n) is 11.9. The third-order valence-electron chi connectivity index (χ3n) is 3.32. The summed E-state index contributed by atoms with van der Waals surface area (Å²) in [6, 6.07) is 12.8. The molecule has 2 aromatic carbocycles. The lowest BCUT2D eigenvalue weighted by Gasteiger charge is -2.07. The lowest BCUT2D eigenvalue weighted by Crippen LogP contribution is -2.00. The summed E-state index contributed by atoms with van der Waals surface area (Å²) in [6.45, 7) is 0. The maximum atomic E-state index is 12.4. The first-order valence-electron chi connectivity index (χ1n) is 6.69. The highest BCUT2D eigenvalue weighted by molar-refractivity contribution is 7.85. The molecular formula is C17H14O4S. The van der Waals surface area contributed by atoms with Crippen molar-refractivity contribution in [2.45, 2.75) is 4.90 Å². The molecule has 0 N–H and O–H groups in total. The molecule has 1 aliphatic heterocycles. The number of fused-ring (bicyclic) bond motifs is 1. The van der Waals surface area contributed by atoms with Crippen LogP contribution in [0.1, 0.15) is 15.9 Å². The highest BCUT2D eigenvalue weighted by Gasteiger charge is 2.24. The Morgan fingerprint density at radius 3 is 2.77 bits per heavy atom. The molecule has 0 fully saturated rings. The van der Waals surface area contributed by atoms with Gasteiger partial charge in [0.05, 0.1) is 28.4 Å². The van der Waals surface area contributed by atoms with E-state index in [1.165, 1.54) is 13.2 Å². The van der Waals surface area contributed by atoms with Gasteiger partial charge in [0, 0.05) is 6.07 Å². The van der Waals surface area contributed by atoms with Crippen LogP contribution in [0.2, 0.25) is 0 Å². The lowest BCUT2D eigenvalue weighted by atomic mass is 10.1. The Balaban J connectivity index is 1.92. The molecule has 0 saturated heterocycles. The minimum Gasteiger partial charge on any atom is -0.496 e. The number of benzene rings is 2. The molecule has 112 valence electrons. The summed E-state index contributed by atoms with van der Waals surface area (Å²) in [5, 5.41) is 0. The van der Waals surface area contributed by atoms with E-state index in [0.29, 0.717) is 22.0 Å². The van der Waals surface area contributed by atoms with Crippen molar-refractivity contribution in [1.29, 1.82) is 0 Å². The molecular weight excluding hydrogens is 300 g/mol. The number of ether oxygens (including phenoxy) is 2. The quantitative estimate of drug-likeness (QED) is 0.643. The maximum absolute atomic E-state index is 12.4. The van der Waals surface area contributed by atoms with E-state index in [9.17, 15) is 9.00 Å². The maximum Gasteiger partial charge on any atom is 0.189 e. The molecule has 4 nitrogen and oxygen atoms in total. The van der Waals surface area contributed by atoms with E-state index in [1.807, 2.05) is 30.3 Å². The predicted octanol–water partition coefficient (Wildman–Crippen LogP) is 3.05. The van der Waals surface area contributed by atoms with Gasteiger partial charge in [0.25, 0.3) is 0 Å². The van der Waals surface area contributed by atoms with Crippen LogP contribution in [0.4, 0.5) is 0 Å². The van der Waals surface area contributed by atoms with Crippen molar-refractivity contribution in [3.63, 3.8) is 0 Å². The molecule has 0 spiro atoms. The zero-order valence-corrected chi connectivity index (χ0v) is 12.8. The third kappa shape index (κ3) is 2.80. The van der Waals surface area contributed by atoms with Gasteiger partial charge in [0.1, 0.15) is 11.5 Å². The summed E-state index contributed by atoms with van der Waals surface area (Å²) < 4.78 is 22.3. The highest BCUT2D eigenvalue weighted by atomic mass is 32.2. The van der Waals surface area contributed by atoms with Crippen molar-refractivity contribution in [2.24, 2.45) is 0 Å². The van der Waals surface area contributed by atoms with Crippen LogP contribution < -0.4 is 9.47 Å². The molecule has 5 heteroatoms. The van der Waals surface area contributed by atoms with Crippen molar-refractivity contribution in [1.82, 2.24) is 0 Å². The van der Waals surface area contributed by atoms with Gasteiger partial charge in [0.15, 0.2) is 11.7 Å². The van der Waals surface area contributed by atoms with Gasteiger partial charge in [-0.1, -0.05) is 36.4 Å². The Kier molecular flexibility index (Phi) is 4.06. The number of rotatable bonds is 4.